The van der Waals surface area contributed by atoms with Crippen molar-refractivity contribution in [3.63, 3.8) is 0 Å². The number of allylic oxidation sites excluding steroid dienone is 4. The van der Waals surface area contributed by atoms with Crippen molar-refractivity contribution in [3.8, 4) is 0 Å². The van der Waals surface area contributed by atoms with Gasteiger partial charge in [-0.05, 0) is 51.0 Å². The SMILES string of the molecule is CC1=C(C)C[n+]2ccccc2C1.CC1=C(C)c2cccc[n+]2C1.O=C1CC[n+]2ccccc21.c1cc[n+]2c(c1)CCC2.c1ccc2c(c1)Cc1cccc[n+]1C2. The number of benzene rings is 1. The van der Waals surface area contributed by atoms with Gasteiger partial charge in [0.05, 0.1) is 19.3 Å². The molecule has 10 heterocycles. The largest absolute Gasteiger partial charge is 0.287 e. The lowest BCUT2D eigenvalue weighted by atomic mass is 9.99. The molecule has 5 aliphatic heterocycles. The maximum absolute atomic E-state index is 11.0. The average Bonchev–Trinajstić information content (AvgIpc) is 3.95. The molecule has 5 aromatic heterocycles. The third-order valence-electron chi connectivity index (χ3n) is 11.5. The molecular weight excluding hydrogens is 687 g/mol. The van der Waals surface area contributed by atoms with Crippen molar-refractivity contribution >= 4 is 11.4 Å². The highest BCUT2D eigenvalue weighted by Gasteiger charge is 2.26. The summed E-state index contributed by atoms with van der Waals surface area (Å²) in [4.78, 5) is 11.0. The van der Waals surface area contributed by atoms with E-state index in [4.69, 9.17) is 0 Å². The molecule has 0 amide bonds. The number of Topliss-reactive ketones (excluding diaryl/α,β-unsaturated/α-hetero) is 1. The molecule has 0 radical (unpaired) electrons. The first-order chi connectivity index (χ1) is 27.3. The first-order valence-electron chi connectivity index (χ1n) is 20.1. The number of aromatic nitrogens is 5. The Labute approximate surface area is 333 Å². The van der Waals surface area contributed by atoms with Gasteiger partial charge in [0, 0.05) is 90.2 Å². The minimum absolute atomic E-state index is 0.264. The molecule has 0 saturated carbocycles. The number of rotatable bonds is 0. The summed E-state index contributed by atoms with van der Waals surface area (Å²) in [5.41, 5.74) is 15.4. The van der Waals surface area contributed by atoms with E-state index in [0.29, 0.717) is 6.42 Å². The second kappa shape index (κ2) is 18.2. The normalized spacial score (nSPS) is 15.0. The van der Waals surface area contributed by atoms with Gasteiger partial charge in [-0.1, -0.05) is 48.0 Å². The summed E-state index contributed by atoms with van der Waals surface area (Å²) in [6, 6.07) is 40.0. The van der Waals surface area contributed by atoms with Crippen molar-refractivity contribution < 1.29 is 27.6 Å². The molecular formula is C50H56N5O+5. The van der Waals surface area contributed by atoms with E-state index in [0.717, 1.165) is 44.7 Å². The highest BCUT2D eigenvalue weighted by molar-refractivity contribution is 5.93. The van der Waals surface area contributed by atoms with E-state index in [1.165, 1.54) is 75.6 Å². The van der Waals surface area contributed by atoms with Crippen molar-refractivity contribution in [3.05, 3.63) is 203 Å². The average molecular weight is 743 g/mol. The molecule has 0 aliphatic carbocycles. The minimum Gasteiger partial charge on any atom is -0.287 e. The Balaban J connectivity index is 0.000000108. The quantitative estimate of drug-likeness (QED) is 0.121. The molecule has 0 N–H and O–H groups in total. The van der Waals surface area contributed by atoms with Gasteiger partial charge in [-0.15, -0.1) is 0 Å². The number of carbonyl (C=O) groups is 1. The Morgan fingerprint density at radius 2 is 0.946 bits per heavy atom. The number of fused-ring (bicyclic) bond motifs is 6. The summed E-state index contributed by atoms with van der Waals surface area (Å²) in [5, 5.41) is 0. The smallest absolute Gasteiger partial charge is 0.248 e. The number of aryl methyl sites for hydroxylation is 3. The van der Waals surface area contributed by atoms with E-state index in [1.807, 2.05) is 29.0 Å². The van der Waals surface area contributed by atoms with Gasteiger partial charge in [0.25, 0.3) is 0 Å². The molecule has 56 heavy (non-hydrogen) atoms. The van der Waals surface area contributed by atoms with E-state index >= 15 is 0 Å². The topological polar surface area (TPSA) is 36.5 Å². The zero-order valence-electron chi connectivity index (χ0n) is 33.6. The number of hydrogen-bond acceptors (Lipinski definition) is 1. The summed E-state index contributed by atoms with van der Waals surface area (Å²) in [5.74, 6) is 0.264. The van der Waals surface area contributed by atoms with E-state index in [2.05, 4.69) is 168 Å². The zero-order valence-corrected chi connectivity index (χ0v) is 33.6. The number of ketones is 1. The van der Waals surface area contributed by atoms with E-state index in [1.54, 1.807) is 0 Å². The summed E-state index contributed by atoms with van der Waals surface area (Å²) in [6.07, 6.45) is 16.0. The van der Waals surface area contributed by atoms with Crippen LogP contribution in [0.5, 0.6) is 0 Å². The van der Waals surface area contributed by atoms with Gasteiger partial charge >= 0.3 is 0 Å². The highest BCUT2D eigenvalue weighted by atomic mass is 16.1. The van der Waals surface area contributed by atoms with Crippen LogP contribution < -0.4 is 22.8 Å². The Hall–Kier alpha value is -5.88. The van der Waals surface area contributed by atoms with Crippen molar-refractivity contribution in [2.45, 2.75) is 92.5 Å². The Morgan fingerprint density at radius 1 is 0.411 bits per heavy atom. The number of hydrogen-bond donors (Lipinski definition) is 0. The van der Waals surface area contributed by atoms with E-state index in [-0.39, 0.29) is 5.78 Å². The summed E-state index contributed by atoms with van der Waals surface area (Å²) in [7, 11) is 0. The van der Waals surface area contributed by atoms with Crippen molar-refractivity contribution in [1.82, 2.24) is 0 Å². The van der Waals surface area contributed by atoms with Crippen LogP contribution in [0.4, 0.5) is 0 Å². The van der Waals surface area contributed by atoms with Gasteiger partial charge in [-0.3, -0.25) is 4.79 Å². The fourth-order valence-corrected chi connectivity index (χ4v) is 7.94. The molecule has 0 atom stereocenters. The molecule has 6 aromatic rings. The van der Waals surface area contributed by atoms with Gasteiger partial charge in [-0.2, -0.15) is 18.3 Å². The molecule has 0 bridgehead atoms. The minimum atomic E-state index is 0.264. The monoisotopic (exact) mass is 742 g/mol. The van der Waals surface area contributed by atoms with E-state index < -0.39 is 0 Å². The molecule has 0 saturated heterocycles. The van der Waals surface area contributed by atoms with Crippen LogP contribution >= 0.6 is 0 Å². The molecule has 282 valence electrons. The lowest BCUT2D eigenvalue weighted by Gasteiger charge is -2.13. The maximum atomic E-state index is 11.0. The van der Waals surface area contributed by atoms with Crippen molar-refractivity contribution in [2.75, 3.05) is 0 Å². The van der Waals surface area contributed by atoms with E-state index in [9.17, 15) is 4.79 Å². The molecule has 0 unspecified atom stereocenters. The summed E-state index contributed by atoms with van der Waals surface area (Å²) < 4.78 is 11.2. The van der Waals surface area contributed by atoms with Crippen LogP contribution in [0, 0.1) is 0 Å². The first kappa shape index (κ1) is 38.4. The van der Waals surface area contributed by atoms with Crippen LogP contribution in [-0.2, 0) is 52.0 Å². The second-order valence-corrected chi connectivity index (χ2v) is 15.4. The van der Waals surface area contributed by atoms with Crippen LogP contribution in [-0.4, -0.2) is 5.78 Å². The highest BCUT2D eigenvalue weighted by Crippen LogP contribution is 2.20. The predicted molar refractivity (Wildman–Crippen MR) is 219 cm³/mol. The standard InChI is InChI=1S/C13H12N.C11H14N.C10H12N.C8H8NO.C8H10N/c1-2-6-12-10-14-8-4-3-7-13(14)9-11(12)5-1;1-9-7-11-5-3-4-6-12(11)8-10(9)2;1-8-7-11-6-4-3-5-10(11)9(8)2;10-8-4-6-9-5-2-1-3-7(8)9;1-2-6-9-7-3-5-8(9)4-1/h1-8H,9-10H2;3-6H,7-8H2,1-2H3;3-6H,7H2,1-2H3;1-3,5H,4,6H2;1-2,4,6H,3,5,7H2/q5*+1. The van der Waals surface area contributed by atoms with Gasteiger partial charge in [-0.25, -0.2) is 4.57 Å². The lowest BCUT2D eigenvalue weighted by Crippen LogP contribution is -2.41. The van der Waals surface area contributed by atoms with Crippen LogP contribution in [0.1, 0.15) is 84.9 Å². The lowest BCUT2D eigenvalue weighted by molar-refractivity contribution is -0.698. The predicted octanol–water partition coefficient (Wildman–Crippen LogP) is 7.06. The van der Waals surface area contributed by atoms with Gasteiger partial charge in [0.1, 0.15) is 6.54 Å². The Kier molecular flexibility index (Phi) is 12.5. The number of pyridine rings is 5. The van der Waals surface area contributed by atoms with Gasteiger partial charge in [0.15, 0.2) is 74.2 Å². The number of carbonyl (C=O) groups excluding carboxylic acids is 1. The van der Waals surface area contributed by atoms with Gasteiger partial charge in [0.2, 0.25) is 17.2 Å². The van der Waals surface area contributed by atoms with Crippen molar-refractivity contribution in [1.29, 1.82) is 0 Å². The summed E-state index contributed by atoms with van der Waals surface area (Å²) >= 11 is 0. The van der Waals surface area contributed by atoms with Crippen LogP contribution in [0.15, 0.2) is 163 Å². The molecule has 0 spiro atoms. The third kappa shape index (κ3) is 9.31. The summed E-state index contributed by atoms with van der Waals surface area (Å²) in [6.45, 7) is 14.1. The first-order valence-corrected chi connectivity index (χ1v) is 20.1. The molecule has 11 rings (SSSR count). The fourth-order valence-electron chi connectivity index (χ4n) is 7.94. The fraction of sp³-hybridized carbons (Fsp3) is 0.280. The Bertz CT molecular complexity index is 2260. The molecule has 6 nitrogen and oxygen atoms in total. The molecule has 6 heteroatoms. The number of nitrogens with zero attached hydrogens (tertiary/aromatic N) is 5. The third-order valence-corrected chi connectivity index (χ3v) is 11.5. The van der Waals surface area contributed by atoms with Crippen LogP contribution in [0.3, 0.4) is 0 Å². The van der Waals surface area contributed by atoms with Crippen LogP contribution in [0.25, 0.3) is 5.57 Å². The van der Waals surface area contributed by atoms with Gasteiger partial charge < -0.3 is 0 Å². The second-order valence-electron chi connectivity index (χ2n) is 15.4. The van der Waals surface area contributed by atoms with Crippen LogP contribution in [0.2, 0.25) is 0 Å². The maximum Gasteiger partial charge on any atom is 0.248 e. The Morgan fingerprint density at radius 3 is 1.62 bits per heavy atom. The molecule has 1 aromatic carbocycles. The molecule has 5 aliphatic rings. The van der Waals surface area contributed by atoms with Crippen molar-refractivity contribution in [2.24, 2.45) is 0 Å². The zero-order chi connectivity index (χ0) is 38.9. The molecule has 0 fully saturated rings.